The largest absolute Gasteiger partial charge is 0.399 e. The number of aliphatic hydroxyl groups is 1. The summed E-state index contributed by atoms with van der Waals surface area (Å²) in [5.41, 5.74) is 20.8. The molecule has 0 amide bonds. The van der Waals surface area contributed by atoms with E-state index in [9.17, 15) is 5.11 Å². The van der Waals surface area contributed by atoms with Gasteiger partial charge in [-0.05, 0) is 63.2 Å². The molecule has 0 saturated heterocycles. The topological polar surface area (TPSA) is 72.3 Å². The number of benzene rings is 4. The van der Waals surface area contributed by atoms with E-state index in [0.717, 1.165) is 39.2 Å². The quantitative estimate of drug-likeness (QED) is 0.398. The molecule has 3 heteroatoms. The number of anilines is 2. The molecule has 29 heavy (non-hydrogen) atoms. The smallest absolute Gasteiger partial charge is 0.0713 e. The molecular formula is C26H22N2O. The molecule has 3 nitrogen and oxygen atoms in total. The van der Waals surface area contributed by atoms with Gasteiger partial charge in [0, 0.05) is 11.4 Å². The first-order valence-electron chi connectivity index (χ1n) is 9.71. The van der Waals surface area contributed by atoms with E-state index < -0.39 is 5.41 Å². The molecule has 0 saturated carbocycles. The average molecular weight is 378 g/mol. The third-order valence-electron chi connectivity index (χ3n) is 6.01. The van der Waals surface area contributed by atoms with Gasteiger partial charge in [-0.25, -0.2) is 0 Å². The molecule has 0 spiro atoms. The van der Waals surface area contributed by atoms with E-state index in [2.05, 4.69) is 54.6 Å². The Morgan fingerprint density at radius 2 is 1.17 bits per heavy atom. The van der Waals surface area contributed by atoms with Crippen LogP contribution in [0.4, 0.5) is 11.4 Å². The fraction of sp³-hybridized carbons (Fsp3) is 0.0769. The lowest BCUT2D eigenvalue weighted by molar-refractivity contribution is 0.282. The molecule has 0 heterocycles. The molecule has 4 aromatic rings. The summed E-state index contributed by atoms with van der Waals surface area (Å²) in [4.78, 5) is 0. The zero-order valence-corrected chi connectivity index (χ0v) is 16.0. The van der Waals surface area contributed by atoms with Gasteiger partial charge in [-0.2, -0.15) is 0 Å². The van der Waals surface area contributed by atoms with Crippen LogP contribution in [-0.2, 0) is 12.0 Å². The molecule has 1 aliphatic rings. The van der Waals surface area contributed by atoms with Gasteiger partial charge in [-0.15, -0.1) is 0 Å². The maximum atomic E-state index is 10.1. The number of rotatable bonds is 3. The summed E-state index contributed by atoms with van der Waals surface area (Å²) >= 11 is 0. The summed E-state index contributed by atoms with van der Waals surface area (Å²) in [6.45, 7) is -0.00291. The molecular weight excluding hydrogens is 356 g/mol. The minimum atomic E-state index is -0.501. The van der Waals surface area contributed by atoms with Crippen molar-refractivity contribution in [3.63, 3.8) is 0 Å². The predicted octanol–water partition coefficient (Wildman–Crippen LogP) is 4.71. The summed E-state index contributed by atoms with van der Waals surface area (Å²) in [6.07, 6.45) is 0. The fourth-order valence-electron chi connectivity index (χ4n) is 4.79. The van der Waals surface area contributed by atoms with Crippen molar-refractivity contribution in [3.8, 4) is 11.1 Å². The Kier molecular flexibility index (Phi) is 3.93. The summed E-state index contributed by atoms with van der Waals surface area (Å²) in [5, 5.41) is 10.1. The molecule has 0 bridgehead atoms. The van der Waals surface area contributed by atoms with Crippen molar-refractivity contribution in [3.05, 3.63) is 119 Å². The SMILES string of the molecule is Nc1ccc(C2(c3ccc(N)cc3)c3ccccc3-c3c(CO)cccc32)cc1. The lowest BCUT2D eigenvalue weighted by Gasteiger charge is -2.34. The number of nitrogen functional groups attached to an aromatic ring is 2. The van der Waals surface area contributed by atoms with Gasteiger partial charge in [0.15, 0.2) is 0 Å². The zero-order chi connectivity index (χ0) is 20.0. The number of fused-ring (bicyclic) bond motifs is 3. The third-order valence-corrected chi connectivity index (χ3v) is 6.01. The second-order valence-electron chi connectivity index (χ2n) is 7.54. The predicted molar refractivity (Wildman–Crippen MR) is 118 cm³/mol. The van der Waals surface area contributed by atoms with Gasteiger partial charge in [0.25, 0.3) is 0 Å². The molecule has 0 unspecified atom stereocenters. The van der Waals surface area contributed by atoms with Crippen LogP contribution in [0.3, 0.4) is 0 Å². The second kappa shape index (κ2) is 6.50. The minimum Gasteiger partial charge on any atom is -0.399 e. The van der Waals surface area contributed by atoms with E-state index in [0.29, 0.717) is 0 Å². The van der Waals surface area contributed by atoms with Crippen LogP contribution in [-0.4, -0.2) is 5.11 Å². The van der Waals surface area contributed by atoms with Crippen molar-refractivity contribution in [1.82, 2.24) is 0 Å². The maximum absolute atomic E-state index is 10.1. The van der Waals surface area contributed by atoms with Gasteiger partial charge in [0.2, 0.25) is 0 Å². The lowest BCUT2D eigenvalue weighted by Crippen LogP contribution is -2.28. The number of hydrogen-bond donors (Lipinski definition) is 3. The van der Waals surface area contributed by atoms with Crippen LogP contribution in [0.2, 0.25) is 0 Å². The molecule has 0 radical (unpaired) electrons. The van der Waals surface area contributed by atoms with Gasteiger partial charge >= 0.3 is 0 Å². The van der Waals surface area contributed by atoms with Gasteiger partial charge in [0.05, 0.1) is 12.0 Å². The molecule has 1 aliphatic carbocycles. The van der Waals surface area contributed by atoms with Crippen molar-refractivity contribution in [1.29, 1.82) is 0 Å². The summed E-state index contributed by atoms with van der Waals surface area (Å²) in [7, 11) is 0. The average Bonchev–Trinajstić information content (AvgIpc) is 3.06. The Morgan fingerprint density at radius 1 is 0.621 bits per heavy atom. The van der Waals surface area contributed by atoms with Gasteiger partial charge < -0.3 is 16.6 Å². The Labute approximate surface area is 170 Å². The van der Waals surface area contributed by atoms with E-state index in [1.807, 2.05) is 36.4 Å². The van der Waals surface area contributed by atoms with E-state index in [1.165, 1.54) is 11.1 Å². The molecule has 5 rings (SSSR count). The number of nitrogens with two attached hydrogens (primary N) is 2. The van der Waals surface area contributed by atoms with Crippen molar-refractivity contribution in [2.24, 2.45) is 0 Å². The highest BCUT2D eigenvalue weighted by Crippen LogP contribution is 2.56. The maximum Gasteiger partial charge on any atom is 0.0713 e. The van der Waals surface area contributed by atoms with Crippen LogP contribution in [0.15, 0.2) is 91.0 Å². The molecule has 4 aromatic carbocycles. The minimum absolute atomic E-state index is 0.00291. The summed E-state index contributed by atoms with van der Waals surface area (Å²) in [6, 6.07) is 30.8. The standard InChI is InChI=1S/C26H22N2O/c27-20-12-8-18(9-13-20)26(19-10-14-21(28)15-11-19)23-6-2-1-5-22(23)25-17(16-29)4-3-7-24(25)26/h1-15,29H,16,27-28H2. The Balaban J connectivity index is 1.96. The third kappa shape index (κ3) is 2.41. The highest BCUT2D eigenvalue weighted by molar-refractivity contribution is 5.88. The van der Waals surface area contributed by atoms with Crippen molar-refractivity contribution in [2.75, 3.05) is 11.5 Å². The van der Waals surface area contributed by atoms with E-state index >= 15 is 0 Å². The van der Waals surface area contributed by atoms with Crippen LogP contribution in [0, 0.1) is 0 Å². The Bertz CT molecular complexity index is 1150. The first-order valence-corrected chi connectivity index (χ1v) is 9.71. The lowest BCUT2D eigenvalue weighted by atomic mass is 9.67. The van der Waals surface area contributed by atoms with Gasteiger partial charge in [-0.3, -0.25) is 0 Å². The van der Waals surface area contributed by atoms with Crippen LogP contribution in [0.25, 0.3) is 11.1 Å². The summed E-state index contributed by atoms with van der Waals surface area (Å²) < 4.78 is 0. The molecule has 5 N–H and O–H groups in total. The van der Waals surface area contributed by atoms with Crippen molar-refractivity contribution >= 4 is 11.4 Å². The second-order valence-corrected chi connectivity index (χ2v) is 7.54. The highest BCUT2D eigenvalue weighted by Gasteiger charge is 2.46. The highest BCUT2D eigenvalue weighted by atomic mass is 16.3. The van der Waals surface area contributed by atoms with E-state index in [4.69, 9.17) is 11.5 Å². The van der Waals surface area contributed by atoms with Crippen LogP contribution in [0.1, 0.15) is 27.8 Å². The normalized spacial score (nSPS) is 13.7. The van der Waals surface area contributed by atoms with Gasteiger partial charge in [-0.1, -0.05) is 66.7 Å². The van der Waals surface area contributed by atoms with Crippen molar-refractivity contribution in [2.45, 2.75) is 12.0 Å². The molecule has 0 aliphatic heterocycles. The Morgan fingerprint density at radius 3 is 1.76 bits per heavy atom. The Hall–Kier alpha value is -3.56. The molecule has 0 fully saturated rings. The van der Waals surface area contributed by atoms with Crippen LogP contribution in [0.5, 0.6) is 0 Å². The fourth-order valence-corrected chi connectivity index (χ4v) is 4.79. The molecule has 142 valence electrons. The van der Waals surface area contributed by atoms with Crippen LogP contribution >= 0.6 is 0 Å². The number of hydrogen-bond acceptors (Lipinski definition) is 3. The first kappa shape index (κ1) is 17.5. The monoisotopic (exact) mass is 378 g/mol. The van der Waals surface area contributed by atoms with Gasteiger partial charge in [0.1, 0.15) is 0 Å². The first-order chi connectivity index (χ1) is 14.2. The molecule has 0 atom stereocenters. The van der Waals surface area contributed by atoms with E-state index in [-0.39, 0.29) is 6.61 Å². The van der Waals surface area contributed by atoms with Crippen LogP contribution < -0.4 is 11.5 Å². The molecule has 0 aromatic heterocycles. The van der Waals surface area contributed by atoms with Crippen molar-refractivity contribution < 1.29 is 5.11 Å². The summed E-state index contributed by atoms with van der Waals surface area (Å²) in [5.74, 6) is 0. The zero-order valence-electron chi connectivity index (χ0n) is 16.0. The number of aliphatic hydroxyl groups excluding tert-OH is 1. The van der Waals surface area contributed by atoms with E-state index in [1.54, 1.807) is 0 Å².